The molecule has 0 amide bonds. The summed E-state index contributed by atoms with van der Waals surface area (Å²) in [6, 6.07) is 1.97. The summed E-state index contributed by atoms with van der Waals surface area (Å²) in [6.45, 7) is 3.92. The first-order valence-corrected chi connectivity index (χ1v) is 5.88. The molecule has 1 atom stereocenters. The second-order valence-corrected chi connectivity index (χ2v) is 4.39. The van der Waals surface area contributed by atoms with Crippen LogP contribution in [0.4, 0.5) is 17.6 Å². The van der Waals surface area contributed by atoms with Gasteiger partial charge in [-0.2, -0.15) is 13.2 Å². The number of aliphatic imine (C=N–C) groups is 1. The number of hydrogen-bond acceptors (Lipinski definition) is 3. The third-order valence-corrected chi connectivity index (χ3v) is 3.10. The molecule has 0 spiro atoms. The second-order valence-electron chi connectivity index (χ2n) is 4.39. The van der Waals surface area contributed by atoms with Crippen molar-refractivity contribution in [2.45, 2.75) is 12.2 Å². The van der Waals surface area contributed by atoms with Gasteiger partial charge in [-0.15, -0.1) is 6.58 Å². The highest BCUT2D eigenvalue weighted by Gasteiger charge is 2.38. The van der Waals surface area contributed by atoms with Crippen LogP contribution in [0.25, 0.3) is 0 Å². The summed E-state index contributed by atoms with van der Waals surface area (Å²) in [6.07, 6.45) is -3.11. The summed E-state index contributed by atoms with van der Waals surface area (Å²) >= 11 is 0. The van der Waals surface area contributed by atoms with Gasteiger partial charge in [0.25, 0.3) is 0 Å². The molecule has 2 rings (SSSR count). The average Bonchev–Trinajstić information content (AvgIpc) is 2.71. The van der Waals surface area contributed by atoms with Gasteiger partial charge in [0.2, 0.25) is 0 Å². The molecule has 7 heteroatoms. The maximum atomic E-state index is 13.1. The van der Waals surface area contributed by atoms with E-state index >= 15 is 0 Å². The predicted molar refractivity (Wildman–Crippen MR) is 67.5 cm³/mol. The normalized spacial score (nSPS) is 19.1. The SMILES string of the molecule is C=CCN1C(N)=NCC1c1ccc(F)cc1C(F)(F)F. The van der Waals surface area contributed by atoms with E-state index in [0.29, 0.717) is 6.07 Å². The minimum absolute atomic E-state index is 0.0371. The molecule has 1 aromatic carbocycles. The van der Waals surface area contributed by atoms with Crippen molar-refractivity contribution in [2.75, 3.05) is 13.1 Å². The van der Waals surface area contributed by atoms with Crippen LogP contribution >= 0.6 is 0 Å². The van der Waals surface area contributed by atoms with Gasteiger partial charge in [0.1, 0.15) is 5.82 Å². The quantitative estimate of drug-likeness (QED) is 0.686. The van der Waals surface area contributed by atoms with Crippen LogP contribution in [0.5, 0.6) is 0 Å². The third kappa shape index (κ3) is 2.61. The smallest absolute Gasteiger partial charge is 0.370 e. The molecular weight excluding hydrogens is 274 g/mol. The summed E-state index contributed by atoms with van der Waals surface area (Å²) in [5.41, 5.74) is 4.62. The Morgan fingerprint density at radius 1 is 1.45 bits per heavy atom. The molecule has 0 fully saturated rings. The van der Waals surface area contributed by atoms with Gasteiger partial charge in [0, 0.05) is 6.54 Å². The number of benzene rings is 1. The Bertz CT molecular complexity index is 551. The molecule has 20 heavy (non-hydrogen) atoms. The van der Waals surface area contributed by atoms with Crippen molar-refractivity contribution in [1.82, 2.24) is 4.90 Å². The largest absolute Gasteiger partial charge is 0.416 e. The number of nitrogens with two attached hydrogens (primary N) is 1. The lowest BCUT2D eigenvalue weighted by Crippen LogP contribution is -2.36. The van der Waals surface area contributed by atoms with Crippen LogP contribution in [-0.2, 0) is 6.18 Å². The van der Waals surface area contributed by atoms with Crippen LogP contribution in [0.15, 0.2) is 35.8 Å². The Balaban J connectivity index is 2.45. The number of nitrogens with zero attached hydrogens (tertiary/aromatic N) is 2. The van der Waals surface area contributed by atoms with Crippen molar-refractivity contribution in [3.05, 3.63) is 47.8 Å². The monoisotopic (exact) mass is 287 g/mol. The average molecular weight is 287 g/mol. The van der Waals surface area contributed by atoms with Crippen LogP contribution in [-0.4, -0.2) is 23.9 Å². The molecular formula is C13H13F4N3. The van der Waals surface area contributed by atoms with Crippen LogP contribution in [0.1, 0.15) is 17.2 Å². The Morgan fingerprint density at radius 2 is 2.15 bits per heavy atom. The molecule has 1 aromatic rings. The fourth-order valence-corrected chi connectivity index (χ4v) is 2.22. The van der Waals surface area contributed by atoms with E-state index in [-0.39, 0.29) is 24.6 Å². The Morgan fingerprint density at radius 3 is 2.75 bits per heavy atom. The molecule has 0 saturated heterocycles. The van der Waals surface area contributed by atoms with E-state index in [4.69, 9.17) is 5.73 Å². The van der Waals surface area contributed by atoms with Gasteiger partial charge >= 0.3 is 6.18 Å². The minimum Gasteiger partial charge on any atom is -0.370 e. The molecule has 1 aliphatic heterocycles. The van der Waals surface area contributed by atoms with Gasteiger partial charge in [-0.3, -0.25) is 4.99 Å². The molecule has 0 saturated carbocycles. The van der Waals surface area contributed by atoms with Crippen LogP contribution < -0.4 is 5.73 Å². The molecule has 0 radical (unpaired) electrons. The van der Waals surface area contributed by atoms with Gasteiger partial charge in [0.15, 0.2) is 5.96 Å². The van der Waals surface area contributed by atoms with Crippen molar-refractivity contribution in [3.63, 3.8) is 0 Å². The van der Waals surface area contributed by atoms with Crippen LogP contribution in [0.3, 0.4) is 0 Å². The third-order valence-electron chi connectivity index (χ3n) is 3.10. The molecule has 1 aliphatic rings. The Hall–Kier alpha value is -2.05. The standard InChI is InChI=1S/C13H13F4N3/c1-2-5-20-11(7-19-12(20)18)9-4-3-8(14)6-10(9)13(15,16)17/h2-4,6,11H,1,5,7H2,(H2,18,19). The fourth-order valence-electron chi connectivity index (χ4n) is 2.22. The molecule has 0 aromatic heterocycles. The highest BCUT2D eigenvalue weighted by atomic mass is 19.4. The van der Waals surface area contributed by atoms with Crippen molar-refractivity contribution < 1.29 is 17.6 Å². The minimum atomic E-state index is -4.63. The summed E-state index contributed by atoms with van der Waals surface area (Å²) in [7, 11) is 0. The number of alkyl halides is 3. The number of hydrogen-bond donors (Lipinski definition) is 1. The highest BCUT2D eigenvalue weighted by Crippen LogP contribution is 2.38. The van der Waals surface area contributed by atoms with Gasteiger partial charge in [-0.05, 0) is 17.7 Å². The van der Waals surface area contributed by atoms with Gasteiger partial charge in [-0.25, -0.2) is 4.39 Å². The molecule has 1 heterocycles. The van der Waals surface area contributed by atoms with Crippen molar-refractivity contribution >= 4 is 5.96 Å². The molecule has 0 bridgehead atoms. The zero-order valence-corrected chi connectivity index (χ0v) is 10.5. The zero-order chi connectivity index (χ0) is 14.9. The maximum Gasteiger partial charge on any atom is 0.416 e. The van der Waals surface area contributed by atoms with Gasteiger partial charge in [0.05, 0.1) is 18.2 Å². The summed E-state index contributed by atoms with van der Waals surface area (Å²) in [5, 5.41) is 0. The maximum absolute atomic E-state index is 13.1. The zero-order valence-electron chi connectivity index (χ0n) is 10.5. The van der Waals surface area contributed by atoms with Gasteiger partial charge in [-0.1, -0.05) is 12.1 Å². The number of halogens is 4. The first kappa shape index (κ1) is 14.4. The van der Waals surface area contributed by atoms with E-state index in [9.17, 15) is 17.6 Å². The van der Waals surface area contributed by atoms with E-state index < -0.39 is 23.6 Å². The topological polar surface area (TPSA) is 41.6 Å². The van der Waals surface area contributed by atoms with E-state index in [2.05, 4.69) is 11.6 Å². The van der Waals surface area contributed by atoms with E-state index in [0.717, 1.165) is 12.1 Å². The second kappa shape index (κ2) is 5.15. The first-order valence-electron chi connectivity index (χ1n) is 5.88. The highest BCUT2D eigenvalue weighted by molar-refractivity contribution is 5.80. The van der Waals surface area contributed by atoms with Gasteiger partial charge < -0.3 is 10.6 Å². The molecule has 2 N–H and O–H groups in total. The van der Waals surface area contributed by atoms with Crippen molar-refractivity contribution in [2.24, 2.45) is 10.7 Å². The number of rotatable bonds is 3. The van der Waals surface area contributed by atoms with E-state index in [1.165, 1.54) is 11.0 Å². The summed E-state index contributed by atoms with van der Waals surface area (Å²) in [4.78, 5) is 5.46. The van der Waals surface area contributed by atoms with E-state index in [1.807, 2.05) is 0 Å². The van der Waals surface area contributed by atoms with E-state index in [1.54, 1.807) is 0 Å². The van der Waals surface area contributed by atoms with Crippen molar-refractivity contribution in [1.29, 1.82) is 0 Å². The summed E-state index contributed by atoms with van der Waals surface area (Å²) < 4.78 is 52.2. The van der Waals surface area contributed by atoms with Crippen LogP contribution in [0, 0.1) is 5.82 Å². The molecule has 3 nitrogen and oxygen atoms in total. The molecule has 108 valence electrons. The lowest BCUT2D eigenvalue weighted by Gasteiger charge is -2.27. The molecule has 1 unspecified atom stereocenters. The van der Waals surface area contributed by atoms with Crippen molar-refractivity contribution in [3.8, 4) is 0 Å². The lowest BCUT2D eigenvalue weighted by molar-refractivity contribution is -0.138. The fraction of sp³-hybridized carbons (Fsp3) is 0.308. The lowest BCUT2D eigenvalue weighted by atomic mass is 9.99. The first-order chi connectivity index (χ1) is 9.34. The summed E-state index contributed by atoms with van der Waals surface area (Å²) in [5.74, 6) is -0.768. The van der Waals surface area contributed by atoms with Crippen LogP contribution in [0.2, 0.25) is 0 Å². The Labute approximate surface area is 113 Å². The predicted octanol–water partition coefficient (Wildman–Crippen LogP) is 2.70. The Kier molecular flexibility index (Phi) is 3.69. The molecule has 0 aliphatic carbocycles. The number of guanidine groups is 1.